The molecule has 0 atom stereocenters. The topological polar surface area (TPSA) is 17.1 Å². The number of carbonyl (C=O) groups is 1. The third kappa shape index (κ3) is 2.80. The van der Waals surface area contributed by atoms with Gasteiger partial charge in [0.2, 0.25) is 0 Å². The summed E-state index contributed by atoms with van der Waals surface area (Å²) in [6.45, 7) is 3.47. The van der Waals surface area contributed by atoms with Gasteiger partial charge in [-0.2, -0.15) is 0 Å². The van der Waals surface area contributed by atoms with Crippen LogP contribution in [0.25, 0.3) is 0 Å². The Morgan fingerprint density at radius 2 is 1.79 bits per heavy atom. The Morgan fingerprint density at radius 3 is 2.42 bits per heavy atom. The van der Waals surface area contributed by atoms with Crippen LogP contribution in [0, 0.1) is 19.7 Å². The molecule has 0 radical (unpaired) electrons. The first-order valence-corrected chi connectivity index (χ1v) is 6.42. The molecular weight excluding hydrogens is 286 g/mol. The van der Waals surface area contributed by atoms with Crippen LogP contribution in [-0.4, -0.2) is 5.78 Å². The second kappa shape index (κ2) is 5.32. The van der Waals surface area contributed by atoms with Gasteiger partial charge >= 0.3 is 0 Å². The summed E-state index contributed by atoms with van der Waals surface area (Å²) in [6, 6.07) is 7.65. The van der Waals surface area contributed by atoms with E-state index in [-0.39, 0.29) is 16.1 Å². The largest absolute Gasteiger partial charge is 0.288 e. The number of hydrogen-bond acceptors (Lipinski definition) is 1. The lowest BCUT2D eigenvalue weighted by Gasteiger charge is -2.09. The van der Waals surface area contributed by atoms with Crippen LogP contribution in [0.1, 0.15) is 27.0 Å². The van der Waals surface area contributed by atoms with Gasteiger partial charge in [-0.1, -0.05) is 29.3 Å². The van der Waals surface area contributed by atoms with Crippen molar-refractivity contribution in [1.29, 1.82) is 0 Å². The minimum atomic E-state index is -0.543. The fourth-order valence-electron chi connectivity index (χ4n) is 2.01. The maximum atomic E-state index is 14.0. The van der Waals surface area contributed by atoms with E-state index in [9.17, 15) is 9.18 Å². The van der Waals surface area contributed by atoms with Crippen LogP contribution in [0.5, 0.6) is 0 Å². The summed E-state index contributed by atoms with van der Waals surface area (Å²) < 4.78 is 14.0. The van der Waals surface area contributed by atoms with Crippen molar-refractivity contribution >= 4 is 29.0 Å². The molecule has 0 saturated heterocycles. The monoisotopic (exact) mass is 296 g/mol. The van der Waals surface area contributed by atoms with E-state index in [4.69, 9.17) is 23.2 Å². The van der Waals surface area contributed by atoms with Gasteiger partial charge in [0, 0.05) is 10.6 Å². The Balaban J connectivity index is 2.59. The van der Waals surface area contributed by atoms with Gasteiger partial charge in [-0.05, 0) is 49.2 Å². The average molecular weight is 297 g/mol. The smallest absolute Gasteiger partial charge is 0.197 e. The SMILES string of the molecule is Cc1cc(C)c(C(=O)c2cc(Cl)ccc2Cl)c(F)c1. The minimum Gasteiger partial charge on any atom is -0.288 e. The van der Waals surface area contributed by atoms with E-state index < -0.39 is 11.6 Å². The first-order chi connectivity index (χ1) is 8.90. The number of halogens is 3. The summed E-state index contributed by atoms with van der Waals surface area (Å²) >= 11 is 11.8. The third-order valence-electron chi connectivity index (χ3n) is 2.83. The molecule has 0 aromatic heterocycles. The predicted octanol–water partition coefficient (Wildman–Crippen LogP) is 4.98. The molecule has 2 rings (SSSR count). The van der Waals surface area contributed by atoms with Crippen LogP contribution in [0.4, 0.5) is 4.39 Å². The van der Waals surface area contributed by atoms with Crippen molar-refractivity contribution in [2.45, 2.75) is 13.8 Å². The Labute approximate surface area is 121 Å². The summed E-state index contributed by atoms with van der Waals surface area (Å²) in [4.78, 5) is 12.4. The van der Waals surface area contributed by atoms with E-state index in [0.29, 0.717) is 10.6 Å². The van der Waals surface area contributed by atoms with Crippen molar-refractivity contribution in [1.82, 2.24) is 0 Å². The maximum absolute atomic E-state index is 14.0. The molecule has 0 aliphatic carbocycles. The first-order valence-electron chi connectivity index (χ1n) is 5.66. The number of aryl methyl sites for hydroxylation is 2. The maximum Gasteiger partial charge on any atom is 0.197 e. The standard InChI is InChI=1S/C15H11Cl2FO/c1-8-5-9(2)14(13(18)6-8)15(19)11-7-10(16)3-4-12(11)17/h3-7H,1-2H3. The number of benzene rings is 2. The van der Waals surface area contributed by atoms with Crippen molar-refractivity contribution in [2.75, 3.05) is 0 Å². The van der Waals surface area contributed by atoms with E-state index in [1.807, 2.05) is 0 Å². The number of hydrogen-bond donors (Lipinski definition) is 0. The van der Waals surface area contributed by atoms with Gasteiger partial charge in [0.1, 0.15) is 5.82 Å². The summed E-state index contributed by atoms with van der Waals surface area (Å²) in [7, 11) is 0. The lowest BCUT2D eigenvalue weighted by molar-refractivity contribution is 0.103. The van der Waals surface area contributed by atoms with Crippen LogP contribution in [0.3, 0.4) is 0 Å². The fraction of sp³-hybridized carbons (Fsp3) is 0.133. The summed E-state index contributed by atoms with van der Waals surface area (Å²) in [6.07, 6.45) is 0. The second-order valence-electron chi connectivity index (χ2n) is 4.39. The van der Waals surface area contributed by atoms with Crippen LogP contribution < -0.4 is 0 Å². The van der Waals surface area contributed by atoms with Crippen molar-refractivity contribution in [2.24, 2.45) is 0 Å². The van der Waals surface area contributed by atoms with Gasteiger partial charge in [0.15, 0.2) is 5.78 Å². The van der Waals surface area contributed by atoms with Crippen LogP contribution in [-0.2, 0) is 0 Å². The van der Waals surface area contributed by atoms with Gasteiger partial charge in [-0.25, -0.2) is 4.39 Å². The van der Waals surface area contributed by atoms with E-state index in [1.54, 1.807) is 26.0 Å². The van der Waals surface area contributed by atoms with Crippen molar-refractivity contribution in [3.8, 4) is 0 Å². The lowest BCUT2D eigenvalue weighted by atomic mass is 9.97. The first kappa shape index (κ1) is 14.0. The summed E-state index contributed by atoms with van der Waals surface area (Å²) in [5, 5.41) is 0.645. The molecule has 0 bridgehead atoms. The van der Waals surface area contributed by atoms with Gasteiger partial charge in [0.25, 0.3) is 0 Å². The predicted molar refractivity (Wildman–Crippen MR) is 75.8 cm³/mol. The highest BCUT2D eigenvalue weighted by Crippen LogP contribution is 2.26. The number of ketones is 1. The molecule has 0 aliphatic heterocycles. The van der Waals surface area contributed by atoms with Gasteiger partial charge in [0.05, 0.1) is 10.6 Å². The summed E-state index contributed by atoms with van der Waals surface area (Å²) in [5.41, 5.74) is 1.59. The van der Waals surface area contributed by atoms with Crippen molar-refractivity contribution in [3.05, 3.63) is 68.4 Å². The molecule has 1 nitrogen and oxygen atoms in total. The van der Waals surface area contributed by atoms with Crippen LogP contribution in [0.2, 0.25) is 10.0 Å². The van der Waals surface area contributed by atoms with Crippen LogP contribution in [0.15, 0.2) is 30.3 Å². The number of rotatable bonds is 2. The Bertz CT molecular complexity index is 642. The molecule has 2 aromatic carbocycles. The van der Waals surface area contributed by atoms with Crippen molar-refractivity contribution in [3.63, 3.8) is 0 Å². The van der Waals surface area contributed by atoms with Gasteiger partial charge < -0.3 is 0 Å². The van der Waals surface area contributed by atoms with E-state index in [2.05, 4.69) is 0 Å². The molecule has 0 fully saturated rings. The molecule has 2 aromatic rings. The fourth-order valence-corrected chi connectivity index (χ4v) is 2.38. The zero-order valence-corrected chi connectivity index (χ0v) is 11.9. The zero-order valence-electron chi connectivity index (χ0n) is 10.4. The Hall–Kier alpha value is -1.38. The van der Waals surface area contributed by atoms with E-state index >= 15 is 0 Å². The molecule has 98 valence electrons. The highest BCUT2D eigenvalue weighted by molar-refractivity contribution is 6.36. The lowest BCUT2D eigenvalue weighted by Crippen LogP contribution is -2.08. The molecule has 0 N–H and O–H groups in total. The summed E-state index contributed by atoms with van der Waals surface area (Å²) in [5.74, 6) is -0.999. The Kier molecular flexibility index (Phi) is 3.93. The average Bonchev–Trinajstić information content (AvgIpc) is 2.30. The number of carbonyl (C=O) groups excluding carboxylic acids is 1. The highest BCUT2D eigenvalue weighted by Gasteiger charge is 2.19. The van der Waals surface area contributed by atoms with Gasteiger partial charge in [-0.3, -0.25) is 4.79 Å². The molecule has 0 spiro atoms. The molecule has 0 heterocycles. The molecule has 4 heteroatoms. The van der Waals surface area contributed by atoms with E-state index in [1.165, 1.54) is 18.2 Å². The highest BCUT2D eigenvalue weighted by atomic mass is 35.5. The van der Waals surface area contributed by atoms with Gasteiger partial charge in [-0.15, -0.1) is 0 Å². The second-order valence-corrected chi connectivity index (χ2v) is 5.24. The molecular formula is C15H11Cl2FO. The molecule has 0 saturated carbocycles. The quantitative estimate of drug-likeness (QED) is 0.714. The zero-order chi connectivity index (χ0) is 14.2. The molecule has 0 aliphatic rings. The van der Waals surface area contributed by atoms with Crippen LogP contribution >= 0.6 is 23.2 Å². The van der Waals surface area contributed by atoms with Crippen molar-refractivity contribution < 1.29 is 9.18 Å². The molecule has 0 amide bonds. The molecule has 0 unspecified atom stereocenters. The van der Waals surface area contributed by atoms with E-state index in [0.717, 1.165) is 5.56 Å². The Morgan fingerprint density at radius 1 is 1.11 bits per heavy atom. The molecule has 19 heavy (non-hydrogen) atoms. The normalized spacial score (nSPS) is 10.6. The minimum absolute atomic E-state index is 0.0368. The third-order valence-corrected chi connectivity index (χ3v) is 3.40.